The van der Waals surface area contributed by atoms with E-state index in [0.29, 0.717) is 28.6 Å². The van der Waals surface area contributed by atoms with E-state index in [1.807, 2.05) is 55.5 Å². The average Bonchev–Trinajstić information content (AvgIpc) is 2.82. The van der Waals surface area contributed by atoms with Gasteiger partial charge in [0.2, 0.25) is 0 Å². The van der Waals surface area contributed by atoms with Gasteiger partial charge >= 0.3 is 5.97 Å². The Labute approximate surface area is 174 Å². The molecule has 0 aliphatic rings. The van der Waals surface area contributed by atoms with Crippen molar-refractivity contribution < 1.29 is 14.3 Å². The van der Waals surface area contributed by atoms with Crippen molar-refractivity contribution in [2.24, 2.45) is 0 Å². The number of esters is 1. The predicted octanol–water partition coefficient (Wildman–Crippen LogP) is 5.34. The van der Waals surface area contributed by atoms with Crippen LogP contribution >= 0.6 is 0 Å². The number of nitrogens with zero attached hydrogens (tertiary/aromatic N) is 2. The fourth-order valence-corrected chi connectivity index (χ4v) is 3.38. The summed E-state index contributed by atoms with van der Waals surface area (Å²) in [4.78, 5) is 32.8. The number of ether oxygens (including phenoxy) is 1. The molecule has 0 unspecified atom stereocenters. The summed E-state index contributed by atoms with van der Waals surface area (Å²) in [5.41, 5.74) is 5.48. The highest BCUT2D eigenvalue weighted by atomic mass is 16.5. The van der Waals surface area contributed by atoms with Crippen LogP contribution in [0.15, 0.2) is 73.1 Å². The summed E-state index contributed by atoms with van der Waals surface area (Å²) in [5, 5.41) is 0.659. The molecule has 0 aliphatic heterocycles. The lowest BCUT2D eigenvalue weighted by atomic mass is 9.99. The van der Waals surface area contributed by atoms with Crippen LogP contribution in [0.1, 0.15) is 34.1 Å². The van der Waals surface area contributed by atoms with Gasteiger partial charge in [-0.05, 0) is 23.3 Å². The number of carbonyl (C=O) groups excluding carboxylic acids is 2. The third-order valence-electron chi connectivity index (χ3n) is 5.06. The zero-order chi connectivity index (χ0) is 21.1. The number of pyridine rings is 2. The Morgan fingerprint density at radius 2 is 1.53 bits per heavy atom. The van der Waals surface area contributed by atoms with E-state index in [1.54, 1.807) is 24.5 Å². The first-order chi connectivity index (χ1) is 14.6. The highest BCUT2D eigenvalue weighted by molar-refractivity contribution is 6.04. The van der Waals surface area contributed by atoms with Crippen LogP contribution in [-0.2, 0) is 4.74 Å². The highest BCUT2D eigenvalue weighted by Gasteiger charge is 2.14. The molecule has 2 aromatic carbocycles. The molecular formula is C25H20N2O3. The molecule has 0 radical (unpaired) electrons. The van der Waals surface area contributed by atoms with E-state index >= 15 is 0 Å². The highest BCUT2D eigenvalue weighted by Crippen LogP contribution is 2.28. The second-order valence-electron chi connectivity index (χ2n) is 6.87. The van der Waals surface area contributed by atoms with E-state index in [4.69, 9.17) is 4.74 Å². The molecule has 0 bridgehead atoms. The third kappa shape index (κ3) is 3.70. The van der Waals surface area contributed by atoms with Crippen molar-refractivity contribution >= 4 is 22.7 Å². The van der Waals surface area contributed by atoms with Gasteiger partial charge in [0.15, 0.2) is 5.78 Å². The van der Waals surface area contributed by atoms with Crippen molar-refractivity contribution in [1.29, 1.82) is 0 Å². The maximum absolute atomic E-state index is 12.2. The van der Waals surface area contributed by atoms with Crippen molar-refractivity contribution in [2.45, 2.75) is 13.3 Å². The Hall–Kier alpha value is -3.86. The molecule has 0 atom stereocenters. The summed E-state index contributed by atoms with van der Waals surface area (Å²) in [5.74, 6) is -0.286. The molecule has 2 aromatic heterocycles. The van der Waals surface area contributed by atoms with Crippen LogP contribution < -0.4 is 0 Å². The van der Waals surface area contributed by atoms with E-state index in [2.05, 4.69) is 9.97 Å². The quantitative estimate of drug-likeness (QED) is 0.336. The van der Waals surface area contributed by atoms with Gasteiger partial charge in [-0.15, -0.1) is 0 Å². The van der Waals surface area contributed by atoms with Crippen molar-refractivity contribution in [1.82, 2.24) is 9.97 Å². The molecule has 5 nitrogen and oxygen atoms in total. The minimum atomic E-state index is -0.421. The molecule has 0 saturated carbocycles. The molecule has 0 spiro atoms. The minimum Gasteiger partial charge on any atom is -0.465 e. The predicted molar refractivity (Wildman–Crippen MR) is 116 cm³/mol. The standard InChI is InChI=1S/C25H20N2O3/c1-3-24(28)19-10-6-17(7-11-19)16-4-8-18(9-5-16)23-14-20(25(29)30-2)21-15-26-13-12-22(21)27-23/h4-15H,3H2,1-2H3. The Morgan fingerprint density at radius 1 is 0.900 bits per heavy atom. The topological polar surface area (TPSA) is 69.2 Å². The molecule has 2 heterocycles. The van der Waals surface area contributed by atoms with Gasteiger partial charge in [0, 0.05) is 35.3 Å². The van der Waals surface area contributed by atoms with Gasteiger partial charge in [-0.1, -0.05) is 55.5 Å². The van der Waals surface area contributed by atoms with Gasteiger partial charge in [0.1, 0.15) is 0 Å². The van der Waals surface area contributed by atoms with Gasteiger partial charge in [0.25, 0.3) is 0 Å². The van der Waals surface area contributed by atoms with Crippen LogP contribution in [0.4, 0.5) is 0 Å². The normalized spacial score (nSPS) is 10.7. The number of hydrogen-bond donors (Lipinski definition) is 0. The van der Waals surface area contributed by atoms with E-state index in [1.165, 1.54) is 7.11 Å². The van der Waals surface area contributed by atoms with Crippen molar-refractivity contribution in [3.05, 3.63) is 84.2 Å². The maximum Gasteiger partial charge on any atom is 0.338 e. The molecule has 4 rings (SSSR count). The second kappa shape index (κ2) is 8.25. The molecule has 0 amide bonds. The molecule has 0 fully saturated rings. The van der Waals surface area contributed by atoms with Gasteiger partial charge < -0.3 is 4.74 Å². The van der Waals surface area contributed by atoms with Crippen LogP contribution in [0.5, 0.6) is 0 Å². The van der Waals surface area contributed by atoms with Crippen molar-refractivity contribution in [3.8, 4) is 22.4 Å². The average molecular weight is 396 g/mol. The van der Waals surface area contributed by atoms with E-state index < -0.39 is 5.97 Å². The molecular weight excluding hydrogens is 376 g/mol. The lowest BCUT2D eigenvalue weighted by Crippen LogP contribution is -2.04. The van der Waals surface area contributed by atoms with Gasteiger partial charge in [-0.3, -0.25) is 9.78 Å². The SMILES string of the molecule is CCC(=O)c1ccc(-c2ccc(-c3cc(C(=O)OC)c4cnccc4n3)cc2)cc1. The third-order valence-corrected chi connectivity index (χ3v) is 5.06. The fourth-order valence-electron chi connectivity index (χ4n) is 3.38. The second-order valence-corrected chi connectivity index (χ2v) is 6.87. The number of carbonyl (C=O) groups is 2. The number of hydrogen-bond acceptors (Lipinski definition) is 5. The Morgan fingerprint density at radius 3 is 2.17 bits per heavy atom. The minimum absolute atomic E-state index is 0.135. The molecule has 148 valence electrons. The lowest BCUT2D eigenvalue weighted by Gasteiger charge is -2.09. The number of aromatic nitrogens is 2. The lowest BCUT2D eigenvalue weighted by molar-refractivity contribution is 0.0602. The zero-order valence-corrected chi connectivity index (χ0v) is 16.8. The molecule has 4 aromatic rings. The fraction of sp³-hybridized carbons (Fsp3) is 0.120. The number of Topliss-reactive ketones (excluding diaryl/α,β-unsaturated/α-hetero) is 1. The largest absolute Gasteiger partial charge is 0.465 e. The first kappa shape index (κ1) is 19.5. The van der Waals surface area contributed by atoms with Gasteiger partial charge in [0.05, 0.1) is 23.9 Å². The first-order valence-electron chi connectivity index (χ1n) is 9.68. The van der Waals surface area contributed by atoms with E-state index in [0.717, 1.165) is 22.3 Å². The Balaban J connectivity index is 1.70. The van der Waals surface area contributed by atoms with Crippen molar-refractivity contribution in [3.63, 3.8) is 0 Å². The monoisotopic (exact) mass is 396 g/mol. The molecule has 30 heavy (non-hydrogen) atoms. The molecule has 0 aliphatic carbocycles. The van der Waals surface area contributed by atoms with Crippen molar-refractivity contribution in [2.75, 3.05) is 7.11 Å². The first-order valence-corrected chi connectivity index (χ1v) is 9.68. The van der Waals surface area contributed by atoms with Crippen LogP contribution in [0.3, 0.4) is 0 Å². The Bertz CT molecular complexity index is 1230. The number of fused-ring (bicyclic) bond motifs is 1. The maximum atomic E-state index is 12.2. The summed E-state index contributed by atoms with van der Waals surface area (Å²) in [6, 6.07) is 19.1. The van der Waals surface area contributed by atoms with Crippen LogP contribution in [0.25, 0.3) is 33.3 Å². The van der Waals surface area contributed by atoms with E-state index in [9.17, 15) is 9.59 Å². The van der Waals surface area contributed by atoms with E-state index in [-0.39, 0.29) is 5.78 Å². The molecule has 5 heteroatoms. The number of ketones is 1. The molecule has 0 N–H and O–H groups in total. The zero-order valence-electron chi connectivity index (χ0n) is 16.8. The van der Waals surface area contributed by atoms with Crippen LogP contribution in [-0.4, -0.2) is 28.8 Å². The number of rotatable bonds is 5. The van der Waals surface area contributed by atoms with Gasteiger partial charge in [-0.2, -0.15) is 0 Å². The number of methoxy groups -OCH3 is 1. The van der Waals surface area contributed by atoms with Crippen LogP contribution in [0, 0.1) is 0 Å². The summed E-state index contributed by atoms with van der Waals surface area (Å²) < 4.78 is 4.93. The number of benzene rings is 2. The summed E-state index contributed by atoms with van der Waals surface area (Å²) in [6.45, 7) is 1.86. The van der Waals surface area contributed by atoms with Crippen LogP contribution in [0.2, 0.25) is 0 Å². The Kier molecular flexibility index (Phi) is 5.35. The van der Waals surface area contributed by atoms with Gasteiger partial charge in [-0.25, -0.2) is 9.78 Å². The summed E-state index contributed by atoms with van der Waals surface area (Å²) in [7, 11) is 1.36. The molecule has 0 saturated heterocycles. The summed E-state index contributed by atoms with van der Waals surface area (Å²) >= 11 is 0. The smallest absolute Gasteiger partial charge is 0.338 e. The summed E-state index contributed by atoms with van der Waals surface area (Å²) in [6.07, 6.45) is 3.76.